The number of carbonyl (C=O) groups excluding carboxylic acids is 1. The molecule has 0 aliphatic rings. The second kappa shape index (κ2) is 4.81. The predicted molar refractivity (Wildman–Crippen MR) is 48.3 cm³/mol. The van der Waals surface area contributed by atoms with Crippen LogP contribution in [0.4, 0.5) is 13.2 Å². The summed E-state index contributed by atoms with van der Waals surface area (Å²) < 4.78 is 39.5. The average molecular weight is 249 g/mol. The molecule has 1 aromatic carbocycles. The topological polar surface area (TPSA) is 69.4 Å². The van der Waals surface area contributed by atoms with Crippen LogP contribution >= 0.6 is 0 Å². The van der Waals surface area contributed by atoms with E-state index in [0.29, 0.717) is 0 Å². The quantitative estimate of drug-likeness (QED) is 0.356. The molecule has 0 fully saturated rings. The van der Waals surface area contributed by atoms with Crippen LogP contribution in [-0.4, -0.2) is 17.1 Å². The third-order valence-corrected chi connectivity index (χ3v) is 1.73. The largest absolute Gasteiger partial charge is 0.491 e. The van der Waals surface area contributed by atoms with E-state index in [4.69, 9.17) is 0 Å². The molecule has 92 valence electrons. The first-order valence-corrected chi connectivity index (χ1v) is 4.28. The minimum atomic E-state index is -5.26. The highest BCUT2D eigenvalue weighted by Gasteiger charge is 2.44. The minimum absolute atomic E-state index is 0.143. The van der Waals surface area contributed by atoms with E-state index in [1.165, 1.54) is 30.3 Å². The molecule has 5 nitrogen and oxygen atoms in total. The van der Waals surface area contributed by atoms with E-state index < -0.39 is 23.3 Å². The van der Waals surface area contributed by atoms with Crippen LogP contribution in [-0.2, 0) is 9.53 Å². The smallest absolute Gasteiger partial charge is 0.387 e. The standard InChI is InChI=1S/C9H6F3NO4/c10-9(11,12)8(14)17-7(13(15)16)6-4-2-1-3-5-6/h1-5,7H. The van der Waals surface area contributed by atoms with Crippen LogP contribution < -0.4 is 0 Å². The van der Waals surface area contributed by atoms with Crippen LogP contribution in [0.2, 0.25) is 0 Å². The van der Waals surface area contributed by atoms with Crippen molar-refractivity contribution in [2.75, 3.05) is 0 Å². The first-order chi connectivity index (χ1) is 7.82. The maximum Gasteiger partial charge on any atom is 0.491 e. The van der Waals surface area contributed by atoms with Gasteiger partial charge in [-0.2, -0.15) is 13.2 Å². The van der Waals surface area contributed by atoms with E-state index in [-0.39, 0.29) is 5.56 Å². The molecule has 0 radical (unpaired) electrons. The van der Waals surface area contributed by atoms with Crippen molar-refractivity contribution in [2.45, 2.75) is 12.4 Å². The van der Waals surface area contributed by atoms with Gasteiger partial charge in [0.25, 0.3) is 0 Å². The molecule has 0 N–H and O–H groups in total. The van der Waals surface area contributed by atoms with Gasteiger partial charge in [0, 0.05) is 0 Å². The van der Waals surface area contributed by atoms with E-state index in [1.54, 1.807) is 0 Å². The highest BCUT2D eigenvalue weighted by atomic mass is 19.4. The lowest BCUT2D eigenvalue weighted by Gasteiger charge is -2.11. The van der Waals surface area contributed by atoms with Crippen molar-refractivity contribution in [3.63, 3.8) is 0 Å². The lowest BCUT2D eigenvalue weighted by atomic mass is 10.2. The molecule has 0 saturated carbocycles. The number of alkyl halides is 3. The van der Waals surface area contributed by atoms with Gasteiger partial charge in [-0.1, -0.05) is 18.2 Å². The molecule has 17 heavy (non-hydrogen) atoms. The Morgan fingerprint density at radius 2 is 1.82 bits per heavy atom. The lowest BCUT2D eigenvalue weighted by Crippen LogP contribution is -2.29. The van der Waals surface area contributed by atoms with Crippen molar-refractivity contribution < 1.29 is 27.6 Å². The Labute approximate surface area is 93.0 Å². The van der Waals surface area contributed by atoms with Crippen molar-refractivity contribution in [2.24, 2.45) is 0 Å². The number of ether oxygens (including phenoxy) is 1. The van der Waals surface area contributed by atoms with Crippen LogP contribution in [0.25, 0.3) is 0 Å². The molecule has 1 rings (SSSR count). The Morgan fingerprint density at radius 1 is 1.29 bits per heavy atom. The zero-order chi connectivity index (χ0) is 13.1. The number of esters is 1. The summed E-state index contributed by atoms with van der Waals surface area (Å²) in [5.74, 6) is -2.59. The number of hydrogen-bond acceptors (Lipinski definition) is 4. The number of hydrogen-bond donors (Lipinski definition) is 0. The highest BCUT2D eigenvalue weighted by Crippen LogP contribution is 2.24. The van der Waals surface area contributed by atoms with Gasteiger partial charge >= 0.3 is 18.4 Å². The molecule has 1 aromatic rings. The summed E-state index contributed by atoms with van der Waals surface area (Å²) in [6.07, 6.45) is -7.42. The summed E-state index contributed by atoms with van der Waals surface area (Å²) in [5.41, 5.74) is -0.143. The van der Waals surface area contributed by atoms with E-state index in [9.17, 15) is 28.1 Å². The molecule has 0 saturated heterocycles. The highest BCUT2D eigenvalue weighted by molar-refractivity contribution is 5.75. The van der Waals surface area contributed by atoms with Crippen LogP contribution in [0, 0.1) is 10.1 Å². The van der Waals surface area contributed by atoms with Gasteiger partial charge in [0.15, 0.2) is 0 Å². The molecule has 1 unspecified atom stereocenters. The van der Waals surface area contributed by atoms with Crippen LogP contribution in [0.15, 0.2) is 30.3 Å². The number of carbonyl (C=O) groups is 1. The fraction of sp³-hybridized carbons (Fsp3) is 0.222. The van der Waals surface area contributed by atoms with E-state index in [0.717, 1.165) is 0 Å². The van der Waals surface area contributed by atoms with Gasteiger partial charge < -0.3 is 4.74 Å². The van der Waals surface area contributed by atoms with Crippen molar-refractivity contribution in [3.05, 3.63) is 46.0 Å². The van der Waals surface area contributed by atoms with Gasteiger partial charge in [-0.15, -0.1) is 0 Å². The van der Waals surface area contributed by atoms with Gasteiger partial charge in [-0.3, -0.25) is 10.1 Å². The molecule has 0 aliphatic heterocycles. The third-order valence-electron chi connectivity index (χ3n) is 1.73. The van der Waals surface area contributed by atoms with Gasteiger partial charge in [-0.05, 0) is 12.1 Å². The zero-order valence-electron chi connectivity index (χ0n) is 8.18. The van der Waals surface area contributed by atoms with E-state index in [1.807, 2.05) is 0 Å². The maximum absolute atomic E-state index is 11.9. The summed E-state index contributed by atoms with van der Waals surface area (Å²) in [6, 6.07) is 6.67. The summed E-state index contributed by atoms with van der Waals surface area (Å²) in [4.78, 5) is 19.9. The Balaban J connectivity index is 2.90. The second-order valence-corrected chi connectivity index (χ2v) is 2.95. The first-order valence-electron chi connectivity index (χ1n) is 4.28. The lowest BCUT2D eigenvalue weighted by molar-refractivity contribution is -0.577. The van der Waals surface area contributed by atoms with Gasteiger partial charge in [0.2, 0.25) is 0 Å². The van der Waals surface area contributed by atoms with Gasteiger partial charge in [-0.25, -0.2) is 4.79 Å². The summed E-state index contributed by atoms with van der Waals surface area (Å²) >= 11 is 0. The minimum Gasteiger partial charge on any atom is -0.387 e. The summed E-state index contributed by atoms with van der Waals surface area (Å²) in [7, 11) is 0. The molecule has 1 atom stereocenters. The van der Waals surface area contributed by atoms with E-state index >= 15 is 0 Å². The number of nitrogens with zero attached hydrogens (tertiary/aromatic N) is 1. The molecule has 8 heteroatoms. The number of rotatable bonds is 3. The predicted octanol–water partition coefficient (Wildman–Crippen LogP) is 2.07. The second-order valence-electron chi connectivity index (χ2n) is 2.95. The molecule has 0 amide bonds. The van der Waals surface area contributed by atoms with Crippen LogP contribution in [0.3, 0.4) is 0 Å². The van der Waals surface area contributed by atoms with Crippen LogP contribution in [0.5, 0.6) is 0 Å². The first kappa shape index (κ1) is 12.9. The Kier molecular flexibility index (Phi) is 3.66. The average Bonchev–Trinajstić information content (AvgIpc) is 2.25. The summed E-state index contributed by atoms with van der Waals surface area (Å²) in [6.45, 7) is 0. The SMILES string of the molecule is O=C(OC(c1ccccc1)[N+](=O)[O-])C(F)(F)F. The van der Waals surface area contributed by atoms with Crippen molar-refractivity contribution >= 4 is 5.97 Å². The van der Waals surface area contributed by atoms with Gasteiger partial charge in [0.05, 0.1) is 10.5 Å². The van der Waals surface area contributed by atoms with Gasteiger partial charge in [0.1, 0.15) is 0 Å². The Hall–Kier alpha value is -2.12. The molecular weight excluding hydrogens is 243 g/mol. The molecule has 0 aromatic heterocycles. The van der Waals surface area contributed by atoms with Crippen molar-refractivity contribution in [1.29, 1.82) is 0 Å². The fourth-order valence-electron chi connectivity index (χ4n) is 1.02. The zero-order valence-corrected chi connectivity index (χ0v) is 8.18. The molecule has 0 spiro atoms. The normalized spacial score (nSPS) is 12.9. The number of nitro groups is 1. The molecule has 0 aliphatic carbocycles. The van der Waals surface area contributed by atoms with Crippen molar-refractivity contribution in [3.8, 4) is 0 Å². The maximum atomic E-state index is 11.9. The van der Waals surface area contributed by atoms with E-state index in [2.05, 4.69) is 4.74 Å². The fourth-order valence-corrected chi connectivity index (χ4v) is 1.02. The third kappa shape index (κ3) is 3.44. The number of halogens is 3. The Morgan fingerprint density at radius 3 is 2.24 bits per heavy atom. The molecule has 0 heterocycles. The number of benzene rings is 1. The van der Waals surface area contributed by atoms with Crippen LogP contribution in [0.1, 0.15) is 11.8 Å². The summed E-state index contributed by atoms with van der Waals surface area (Å²) in [5, 5.41) is 10.5. The molecular formula is C9H6F3NO4. The van der Waals surface area contributed by atoms with Crippen molar-refractivity contribution in [1.82, 2.24) is 0 Å². The Bertz CT molecular complexity index is 418. The molecule has 0 bridgehead atoms. The monoisotopic (exact) mass is 249 g/mol.